The zero-order valence-electron chi connectivity index (χ0n) is 8.41. The predicted octanol–water partition coefficient (Wildman–Crippen LogP) is -0.149. The number of likely N-dealkylation sites (tertiary alicyclic amines) is 1. The van der Waals surface area contributed by atoms with Gasteiger partial charge in [0.05, 0.1) is 11.6 Å². The van der Waals surface area contributed by atoms with E-state index < -0.39 is 5.54 Å². The van der Waals surface area contributed by atoms with Crippen molar-refractivity contribution in [1.29, 1.82) is 0 Å². The molecule has 1 saturated carbocycles. The van der Waals surface area contributed by atoms with Crippen molar-refractivity contribution in [1.82, 2.24) is 4.90 Å². The Balaban J connectivity index is 1.96. The standard InChI is InChI=1S/C10H18N2O2/c11-10(4-2-5-10)9(14)12-6-1-3-8(13)7-12/h8,13H,1-7,11H2/t8-/m0/s1. The highest BCUT2D eigenvalue weighted by atomic mass is 16.3. The number of β-amino-alcohol motifs (C(OH)–C–C–N with tert-alkyl or cyclic N) is 1. The molecule has 0 aromatic rings. The van der Waals surface area contributed by atoms with Gasteiger partial charge in [0.2, 0.25) is 5.91 Å². The first-order chi connectivity index (χ1) is 6.62. The van der Waals surface area contributed by atoms with Gasteiger partial charge >= 0.3 is 0 Å². The molecule has 0 radical (unpaired) electrons. The number of nitrogens with zero attached hydrogens (tertiary/aromatic N) is 1. The minimum Gasteiger partial charge on any atom is -0.391 e. The highest BCUT2D eigenvalue weighted by Crippen LogP contribution is 2.31. The van der Waals surface area contributed by atoms with Crippen molar-refractivity contribution in [3.8, 4) is 0 Å². The molecule has 2 aliphatic rings. The molecule has 2 fully saturated rings. The number of nitrogens with two attached hydrogens (primary N) is 1. The van der Waals surface area contributed by atoms with Crippen LogP contribution in [0.1, 0.15) is 32.1 Å². The minimum absolute atomic E-state index is 0.0440. The fourth-order valence-electron chi connectivity index (χ4n) is 2.23. The Labute approximate surface area is 84.1 Å². The maximum atomic E-state index is 11.9. The molecule has 1 atom stereocenters. The smallest absolute Gasteiger partial charge is 0.242 e. The topological polar surface area (TPSA) is 66.6 Å². The molecule has 0 bridgehead atoms. The Morgan fingerprint density at radius 1 is 1.43 bits per heavy atom. The Hall–Kier alpha value is -0.610. The van der Waals surface area contributed by atoms with Crippen LogP contribution in [0.25, 0.3) is 0 Å². The molecule has 4 nitrogen and oxygen atoms in total. The van der Waals surface area contributed by atoms with Crippen molar-refractivity contribution in [2.24, 2.45) is 5.73 Å². The van der Waals surface area contributed by atoms with Gasteiger partial charge in [-0.1, -0.05) is 0 Å². The first-order valence-electron chi connectivity index (χ1n) is 5.38. The van der Waals surface area contributed by atoms with Gasteiger partial charge in [0.1, 0.15) is 0 Å². The van der Waals surface area contributed by atoms with Crippen LogP contribution in [0.4, 0.5) is 0 Å². The van der Waals surface area contributed by atoms with Crippen molar-refractivity contribution in [2.75, 3.05) is 13.1 Å². The number of aliphatic hydroxyl groups excluding tert-OH is 1. The van der Waals surface area contributed by atoms with Crippen LogP contribution in [0, 0.1) is 0 Å². The first-order valence-corrected chi connectivity index (χ1v) is 5.38. The molecule has 0 unspecified atom stereocenters. The van der Waals surface area contributed by atoms with Crippen molar-refractivity contribution in [3.05, 3.63) is 0 Å². The van der Waals surface area contributed by atoms with Gasteiger partial charge in [0, 0.05) is 13.1 Å². The molecule has 2 rings (SSSR count). The summed E-state index contributed by atoms with van der Waals surface area (Å²) in [6.45, 7) is 1.23. The van der Waals surface area contributed by atoms with Gasteiger partial charge in [0.15, 0.2) is 0 Å². The molecule has 1 heterocycles. The normalized spacial score (nSPS) is 31.0. The third kappa shape index (κ3) is 1.64. The molecule has 0 aromatic heterocycles. The summed E-state index contributed by atoms with van der Waals surface area (Å²) in [6.07, 6.45) is 4.01. The van der Waals surface area contributed by atoms with E-state index in [-0.39, 0.29) is 12.0 Å². The number of hydrogen-bond donors (Lipinski definition) is 2. The average molecular weight is 198 g/mol. The number of rotatable bonds is 1. The van der Waals surface area contributed by atoms with Gasteiger partial charge in [-0.25, -0.2) is 0 Å². The summed E-state index contributed by atoms with van der Waals surface area (Å²) in [5.74, 6) is 0.0440. The molecule has 1 aliphatic carbocycles. The Kier molecular flexibility index (Phi) is 2.49. The maximum absolute atomic E-state index is 11.9. The highest BCUT2D eigenvalue weighted by Gasteiger charge is 2.43. The molecule has 3 N–H and O–H groups in total. The molecule has 1 saturated heterocycles. The second kappa shape index (κ2) is 3.51. The number of hydrogen-bond acceptors (Lipinski definition) is 3. The summed E-state index contributed by atoms with van der Waals surface area (Å²) in [5, 5.41) is 9.45. The predicted molar refractivity (Wildman–Crippen MR) is 52.6 cm³/mol. The first kappa shape index (κ1) is 9.93. The number of amides is 1. The number of aliphatic hydroxyl groups is 1. The number of carbonyl (C=O) groups is 1. The van der Waals surface area contributed by atoms with E-state index in [0.29, 0.717) is 6.54 Å². The quantitative estimate of drug-likeness (QED) is 0.616. The molecular formula is C10H18N2O2. The van der Waals surface area contributed by atoms with Gasteiger partial charge in [-0.15, -0.1) is 0 Å². The van der Waals surface area contributed by atoms with Gasteiger partial charge in [-0.2, -0.15) is 0 Å². The number of piperidine rings is 1. The third-order valence-corrected chi connectivity index (χ3v) is 3.36. The van der Waals surface area contributed by atoms with Crippen LogP contribution in [0.3, 0.4) is 0 Å². The van der Waals surface area contributed by atoms with Crippen LogP contribution in [0.2, 0.25) is 0 Å². The molecule has 0 aromatic carbocycles. The van der Waals surface area contributed by atoms with Crippen LogP contribution in [0.5, 0.6) is 0 Å². The van der Waals surface area contributed by atoms with Crippen molar-refractivity contribution < 1.29 is 9.90 Å². The van der Waals surface area contributed by atoms with Crippen molar-refractivity contribution in [3.63, 3.8) is 0 Å². The summed E-state index contributed by atoms with van der Waals surface area (Å²) >= 11 is 0. The average Bonchev–Trinajstić information content (AvgIpc) is 2.13. The van der Waals surface area contributed by atoms with E-state index in [4.69, 9.17) is 5.73 Å². The number of carbonyl (C=O) groups excluding carboxylic acids is 1. The lowest BCUT2D eigenvalue weighted by atomic mass is 9.76. The second-order valence-electron chi connectivity index (χ2n) is 4.56. The van der Waals surface area contributed by atoms with E-state index in [1.807, 2.05) is 0 Å². The summed E-state index contributed by atoms with van der Waals surface area (Å²) in [4.78, 5) is 13.7. The summed E-state index contributed by atoms with van der Waals surface area (Å²) in [5.41, 5.74) is 5.35. The van der Waals surface area contributed by atoms with E-state index in [2.05, 4.69) is 0 Å². The molecule has 80 valence electrons. The van der Waals surface area contributed by atoms with E-state index in [1.165, 1.54) is 0 Å². The van der Waals surface area contributed by atoms with E-state index in [9.17, 15) is 9.90 Å². The summed E-state index contributed by atoms with van der Waals surface area (Å²) in [7, 11) is 0. The molecule has 1 aliphatic heterocycles. The van der Waals surface area contributed by atoms with Crippen LogP contribution in [-0.2, 0) is 4.79 Å². The zero-order chi connectivity index (χ0) is 10.2. The van der Waals surface area contributed by atoms with Crippen molar-refractivity contribution in [2.45, 2.75) is 43.7 Å². The lowest BCUT2D eigenvalue weighted by molar-refractivity contribution is -0.143. The van der Waals surface area contributed by atoms with Crippen LogP contribution < -0.4 is 5.73 Å². The Morgan fingerprint density at radius 3 is 2.64 bits per heavy atom. The third-order valence-electron chi connectivity index (χ3n) is 3.36. The maximum Gasteiger partial charge on any atom is 0.242 e. The molecule has 4 heteroatoms. The Morgan fingerprint density at radius 2 is 2.14 bits per heavy atom. The summed E-state index contributed by atoms with van der Waals surface area (Å²) in [6, 6.07) is 0. The lowest BCUT2D eigenvalue weighted by Crippen LogP contribution is -2.61. The van der Waals surface area contributed by atoms with Gasteiger partial charge in [-0.05, 0) is 32.1 Å². The van der Waals surface area contributed by atoms with Gasteiger partial charge in [0.25, 0.3) is 0 Å². The van der Waals surface area contributed by atoms with Gasteiger partial charge in [-0.3, -0.25) is 4.79 Å². The van der Waals surface area contributed by atoms with Gasteiger partial charge < -0.3 is 15.7 Å². The van der Waals surface area contributed by atoms with Crippen LogP contribution in [-0.4, -0.2) is 40.6 Å². The van der Waals surface area contributed by atoms with Crippen molar-refractivity contribution >= 4 is 5.91 Å². The molecule has 14 heavy (non-hydrogen) atoms. The monoisotopic (exact) mass is 198 g/mol. The zero-order valence-corrected chi connectivity index (χ0v) is 8.41. The lowest BCUT2D eigenvalue weighted by Gasteiger charge is -2.42. The largest absolute Gasteiger partial charge is 0.391 e. The van der Waals surface area contributed by atoms with Crippen LogP contribution in [0.15, 0.2) is 0 Å². The molecule has 1 amide bonds. The van der Waals surface area contributed by atoms with Crippen LogP contribution >= 0.6 is 0 Å². The van der Waals surface area contributed by atoms with E-state index in [0.717, 1.165) is 38.6 Å². The summed E-state index contributed by atoms with van der Waals surface area (Å²) < 4.78 is 0. The highest BCUT2D eigenvalue weighted by molar-refractivity contribution is 5.87. The van der Waals surface area contributed by atoms with E-state index >= 15 is 0 Å². The Bertz CT molecular complexity index is 238. The van der Waals surface area contributed by atoms with E-state index in [1.54, 1.807) is 4.90 Å². The second-order valence-corrected chi connectivity index (χ2v) is 4.56. The fourth-order valence-corrected chi connectivity index (χ4v) is 2.23. The molecule has 0 spiro atoms. The SMILES string of the molecule is NC1(C(=O)N2CCC[C@H](O)C2)CCC1. The fraction of sp³-hybridized carbons (Fsp3) is 0.900. The molecular weight excluding hydrogens is 180 g/mol. The minimum atomic E-state index is -0.600.